The Kier molecular flexibility index (Phi) is 3.84. The minimum atomic E-state index is -0.455. The van der Waals surface area contributed by atoms with Crippen molar-refractivity contribution >= 4 is 11.4 Å². The van der Waals surface area contributed by atoms with Gasteiger partial charge >= 0.3 is 0 Å². The zero-order valence-corrected chi connectivity index (χ0v) is 9.23. The van der Waals surface area contributed by atoms with Gasteiger partial charge < -0.3 is 5.32 Å². The summed E-state index contributed by atoms with van der Waals surface area (Å²) in [6.45, 7) is 4.65. The largest absolute Gasteiger partial charge is 0.379 e. The van der Waals surface area contributed by atoms with Crippen molar-refractivity contribution in [1.82, 2.24) is 0 Å². The van der Waals surface area contributed by atoms with E-state index in [4.69, 9.17) is 5.26 Å². The second-order valence-electron chi connectivity index (χ2n) is 3.88. The van der Waals surface area contributed by atoms with E-state index in [1.807, 2.05) is 19.9 Å². The van der Waals surface area contributed by atoms with Gasteiger partial charge in [-0.25, -0.2) is 0 Å². The maximum Gasteiger partial charge on any atom is 0.292 e. The highest BCUT2D eigenvalue weighted by atomic mass is 16.6. The minimum absolute atomic E-state index is 0.000324. The molecule has 0 atom stereocenters. The normalized spacial score (nSPS) is 9.88. The lowest BCUT2D eigenvalue weighted by Crippen LogP contribution is -2.09. The van der Waals surface area contributed by atoms with E-state index in [1.165, 1.54) is 18.2 Å². The van der Waals surface area contributed by atoms with Crippen LogP contribution in [-0.2, 0) is 0 Å². The van der Waals surface area contributed by atoms with Crippen molar-refractivity contribution in [2.75, 3.05) is 11.9 Å². The number of hydrogen-bond donors (Lipinski definition) is 1. The van der Waals surface area contributed by atoms with Crippen molar-refractivity contribution < 1.29 is 4.92 Å². The van der Waals surface area contributed by atoms with Crippen LogP contribution in [0.1, 0.15) is 19.4 Å². The number of anilines is 1. The molecular weight excluding hydrogens is 206 g/mol. The van der Waals surface area contributed by atoms with E-state index in [1.54, 1.807) is 0 Å². The van der Waals surface area contributed by atoms with Crippen LogP contribution in [0.25, 0.3) is 0 Å². The van der Waals surface area contributed by atoms with E-state index in [0.29, 0.717) is 23.7 Å². The van der Waals surface area contributed by atoms with E-state index >= 15 is 0 Å². The SMILES string of the molecule is CC(C)CNc1cc(C#N)ccc1[N+](=O)[O-]. The number of nitro groups is 1. The molecule has 1 rings (SSSR count). The molecule has 1 aromatic carbocycles. The van der Waals surface area contributed by atoms with Gasteiger partial charge in [0.05, 0.1) is 16.6 Å². The summed E-state index contributed by atoms with van der Waals surface area (Å²) in [5.41, 5.74) is 0.814. The first-order valence-electron chi connectivity index (χ1n) is 4.97. The topological polar surface area (TPSA) is 79.0 Å². The molecule has 0 bridgehead atoms. The Hall–Kier alpha value is -2.09. The minimum Gasteiger partial charge on any atom is -0.379 e. The van der Waals surface area contributed by atoms with Crippen molar-refractivity contribution in [3.8, 4) is 6.07 Å². The first-order chi connectivity index (χ1) is 7.54. The summed E-state index contributed by atoms with van der Waals surface area (Å²) < 4.78 is 0. The summed E-state index contributed by atoms with van der Waals surface area (Å²) in [5, 5.41) is 22.4. The highest BCUT2D eigenvalue weighted by Gasteiger charge is 2.13. The van der Waals surface area contributed by atoms with Crippen LogP contribution in [0.15, 0.2) is 18.2 Å². The molecule has 0 saturated heterocycles. The third-order valence-electron chi connectivity index (χ3n) is 2.02. The fraction of sp³-hybridized carbons (Fsp3) is 0.364. The maximum atomic E-state index is 10.7. The third-order valence-corrected chi connectivity index (χ3v) is 2.02. The molecule has 0 aliphatic carbocycles. The Morgan fingerprint density at radius 3 is 2.75 bits per heavy atom. The number of nitrogens with one attached hydrogen (secondary N) is 1. The van der Waals surface area contributed by atoms with Crippen LogP contribution in [0.4, 0.5) is 11.4 Å². The zero-order chi connectivity index (χ0) is 12.1. The standard InChI is InChI=1S/C11H13N3O2/c1-8(2)7-13-10-5-9(6-12)3-4-11(10)14(15)16/h3-5,8,13H,7H2,1-2H3. The lowest BCUT2D eigenvalue weighted by molar-refractivity contribution is -0.384. The second kappa shape index (κ2) is 5.12. The fourth-order valence-corrected chi connectivity index (χ4v) is 1.22. The van der Waals surface area contributed by atoms with Crippen LogP contribution in [0, 0.1) is 27.4 Å². The molecule has 0 radical (unpaired) electrons. The van der Waals surface area contributed by atoms with Crippen molar-refractivity contribution in [2.24, 2.45) is 5.92 Å². The number of nitro benzene ring substituents is 1. The molecule has 0 spiro atoms. The van der Waals surface area contributed by atoms with Gasteiger partial charge in [-0.05, 0) is 18.1 Å². The van der Waals surface area contributed by atoms with E-state index in [0.717, 1.165) is 0 Å². The lowest BCUT2D eigenvalue weighted by atomic mass is 10.1. The highest BCUT2D eigenvalue weighted by molar-refractivity contribution is 5.64. The molecule has 5 nitrogen and oxygen atoms in total. The summed E-state index contributed by atoms with van der Waals surface area (Å²) in [5.74, 6) is 0.380. The highest BCUT2D eigenvalue weighted by Crippen LogP contribution is 2.25. The molecule has 84 valence electrons. The summed E-state index contributed by atoms with van der Waals surface area (Å²) in [6, 6.07) is 6.25. The fourth-order valence-electron chi connectivity index (χ4n) is 1.22. The van der Waals surface area contributed by atoms with Gasteiger partial charge in [0.1, 0.15) is 5.69 Å². The van der Waals surface area contributed by atoms with E-state index in [9.17, 15) is 10.1 Å². The third kappa shape index (κ3) is 2.95. The molecule has 0 aliphatic rings. The van der Waals surface area contributed by atoms with Gasteiger partial charge in [-0.3, -0.25) is 10.1 Å². The van der Waals surface area contributed by atoms with E-state index in [2.05, 4.69) is 5.32 Å². The smallest absolute Gasteiger partial charge is 0.292 e. The maximum absolute atomic E-state index is 10.7. The van der Waals surface area contributed by atoms with Gasteiger partial charge in [-0.2, -0.15) is 5.26 Å². The van der Waals surface area contributed by atoms with Crippen LogP contribution >= 0.6 is 0 Å². The van der Waals surface area contributed by atoms with Crippen LogP contribution in [-0.4, -0.2) is 11.5 Å². The predicted molar refractivity (Wildman–Crippen MR) is 61.1 cm³/mol. The van der Waals surface area contributed by atoms with Crippen molar-refractivity contribution in [2.45, 2.75) is 13.8 Å². The average Bonchev–Trinajstić information content (AvgIpc) is 2.25. The monoisotopic (exact) mass is 219 g/mol. The van der Waals surface area contributed by atoms with E-state index in [-0.39, 0.29) is 5.69 Å². The van der Waals surface area contributed by atoms with Gasteiger partial charge in [0, 0.05) is 12.6 Å². The molecule has 0 fully saturated rings. The first kappa shape index (κ1) is 12.0. The Bertz CT molecular complexity index is 435. The zero-order valence-electron chi connectivity index (χ0n) is 9.23. The van der Waals surface area contributed by atoms with Gasteiger partial charge in [0.2, 0.25) is 0 Å². The van der Waals surface area contributed by atoms with Gasteiger partial charge in [-0.15, -0.1) is 0 Å². The number of hydrogen-bond acceptors (Lipinski definition) is 4. The first-order valence-corrected chi connectivity index (χ1v) is 4.97. The van der Waals surface area contributed by atoms with Crippen LogP contribution < -0.4 is 5.32 Å². The molecule has 0 unspecified atom stereocenters. The number of nitriles is 1. The Labute approximate surface area is 93.9 Å². The van der Waals surface area contributed by atoms with E-state index < -0.39 is 4.92 Å². The number of benzene rings is 1. The summed E-state index contributed by atoms with van der Waals surface area (Å²) >= 11 is 0. The molecule has 0 aliphatic heterocycles. The Balaban J connectivity index is 3.02. The lowest BCUT2D eigenvalue weighted by Gasteiger charge is -2.09. The molecular formula is C11H13N3O2. The quantitative estimate of drug-likeness (QED) is 0.623. The second-order valence-corrected chi connectivity index (χ2v) is 3.88. The molecule has 0 amide bonds. The van der Waals surface area contributed by atoms with Crippen molar-refractivity contribution in [3.63, 3.8) is 0 Å². The van der Waals surface area contributed by atoms with Gasteiger partial charge in [0.25, 0.3) is 5.69 Å². The summed E-state index contributed by atoms with van der Waals surface area (Å²) in [6.07, 6.45) is 0. The van der Waals surface area contributed by atoms with Crippen LogP contribution in [0.3, 0.4) is 0 Å². The predicted octanol–water partition coefficient (Wildman–Crippen LogP) is 2.53. The molecule has 0 aromatic heterocycles. The molecule has 0 heterocycles. The van der Waals surface area contributed by atoms with Crippen LogP contribution in [0.5, 0.6) is 0 Å². The molecule has 1 N–H and O–H groups in total. The molecule has 16 heavy (non-hydrogen) atoms. The van der Waals surface area contributed by atoms with Gasteiger partial charge in [0.15, 0.2) is 0 Å². The average molecular weight is 219 g/mol. The Morgan fingerprint density at radius 2 is 2.25 bits per heavy atom. The van der Waals surface area contributed by atoms with Crippen LogP contribution in [0.2, 0.25) is 0 Å². The molecule has 1 aromatic rings. The summed E-state index contributed by atoms with van der Waals surface area (Å²) in [4.78, 5) is 10.3. The molecule has 5 heteroatoms. The molecule has 0 saturated carbocycles. The number of rotatable bonds is 4. The number of nitrogens with zero attached hydrogens (tertiary/aromatic N) is 2. The van der Waals surface area contributed by atoms with Crippen molar-refractivity contribution in [1.29, 1.82) is 5.26 Å². The van der Waals surface area contributed by atoms with Gasteiger partial charge in [-0.1, -0.05) is 13.8 Å². The van der Waals surface area contributed by atoms with Crippen molar-refractivity contribution in [3.05, 3.63) is 33.9 Å². The Morgan fingerprint density at radius 1 is 1.56 bits per heavy atom. The summed E-state index contributed by atoms with van der Waals surface area (Å²) in [7, 11) is 0.